The number of rotatable bonds is 9. The Bertz CT molecular complexity index is 609. The van der Waals surface area contributed by atoms with Crippen molar-refractivity contribution in [2.45, 2.75) is 12.5 Å². The molecule has 1 fully saturated rings. The minimum absolute atomic E-state index is 0.0252. The van der Waals surface area contributed by atoms with Gasteiger partial charge in [0.25, 0.3) is 0 Å². The van der Waals surface area contributed by atoms with E-state index in [-0.39, 0.29) is 25.1 Å². The number of thioether (sulfide) groups is 1. The fourth-order valence-corrected chi connectivity index (χ4v) is 3.73. The Labute approximate surface area is 172 Å². The average molecular weight is 409 g/mol. The number of likely N-dealkylation sites (N-methyl/N-ethyl adjacent to an activating group) is 1. The van der Waals surface area contributed by atoms with Gasteiger partial charge < -0.3 is 25.1 Å². The molecule has 156 valence electrons. The summed E-state index contributed by atoms with van der Waals surface area (Å²) in [5.41, 5.74) is 1.13. The summed E-state index contributed by atoms with van der Waals surface area (Å²) in [5, 5.41) is 12.3. The number of aliphatic hydroxyl groups excluding tert-OH is 1. The highest BCUT2D eigenvalue weighted by Crippen LogP contribution is 2.08. The second kappa shape index (κ2) is 11.9. The lowest BCUT2D eigenvalue weighted by molar-refractivity contribution is -0.134. The number of urea groups is 1. The summed E-state index contributed by atoms with van der Waals surface area (Å²) in [6.45, 7) is 3.69. The standard InChI is InChI=1S/C20H32N4O3S/c1-22-10-12-23(13-11-22)19(26)18(16-28-2)21-20(27)24(14-15-25)9-8-17-6-4-3-5-7-17/h3-7,18,25H,8-16H2,1-2H3,(H,21,27). The van der Waals surface area contributed by atoms with Crippen LogP contribution in [0.3, 0.4) is 0 Å². The van der Waals surface area contributed by atoms with E-state index in [1.54, 1.807) is 4.90 Å². The molecular weight excluding hydrogens is 376 g/mol. The van der Waals surface area contributed by atoms with Crippen molar-refractivity contribution in [2.75, 3.05) is 64.9 Å². The molecule has 1 aliphatic heterocycles. The summed E-state index contributed by atoms with van der Waals surface area (Å²) in [4.78, 5) is 31.3. The van der Waals surface area contributed by atoms with E-state index in [9.17, 15) is 14.7 Å². The van der Waals surface area contributed by atoms with Gasteiger partial charge in [-0.2, -0.15) is 11.8 Å². The maximum absolute atomic E-state index is 12.9. The molecule has 1 aliphatic rings. The number of hydrogen-bond acceptors (Lipinski definition) is 5. The molecule has 8 heteroatoms. The highest BCUT2D eigenvalue weighted by atomic mass is 32.2. The maximum atomic E-state index is 12.9. The van der Waals surface area contributed by atoms with Crippen LogP contribution in [0.15, 0.2) is 30.3 Å². The summed E-state index contributed by atoms with van der Waals surface area (Å²) in [6.07, 6.45) is 2.63. The predicted molar refractivity (Wildman–Crippen MR) is 114 cm³/mol. The average Bonchev–Trinajstić information content (AvgIpc) is 2.71. The van der Waals surface area contributed by atoms with Crippen LogP contribution in [0.2, 0.25) is 0 Å². The molecule has 0 spiro atoms. The first-order chi connectivity index (χ1) is 13.5. The Balaban J connectivity index is 1.95. The zero-order chi connectivity index (χ0) is 20.4. The van der Waals surface area contributed by atoms with E-state index >= 15 is 0 Å². The molecule has 1 heterocycles. The van der Waals surface area contributed by atoms with E-state index < -0.39 is 6.04 Å². The summed E-state index contributed by atoms with van der Waals surface area (Å²) >= 11 is 1.54. The minimum Gasteiger partial charge on any atom is -0.395 e. The molecule has 1 aromatic rings. The van der Waals surface area contributed by atoms with Crippen molar-refractivity contribution in [2.24, 2.45) is 0 Å². The van der Waals surface area contributed by atoms with Crippen molar-refractivity contribution in [3.63, 3.8) is 0 Å². The van der Waals surface area contributed by atoms with E-state index in [1.165, 1.54) is 11.8 Å². The topological polar surface area (TPSA) is 76.1 Å². The quantitative estimate of drug-likeness (QED) is 0.630. The van der Waals surface area contributed by atoms with Gasteiger partial charge in [-0.1, -0.05) is 30.3 Å². The lowest BCUT2D eigenvalue weighted by Crippen LogP contribution is -2.57. The van der Waals surface area contributed by atoms with Crippen molar-refractivity contribution < 1.29 is 14.7 Å². The molecule has 1 aromatic carbocycles. The molecule has 2 N–H and O–H groups in total. The lowest BCUT2D eigenvalue weighted by Gasteiger charge is -2.35. The monoisotopic (exact) mass is 408 g/mol. The van der Waals surface area contributed by atoms with E-state index in [4.69, 9.17) is 0 Å². The van der Waals surface area contributed by atoms with Crippen LogP contribution in [-0.2, 0) is 11.2 Å². The largest absolute Gasteiger partial charge is 0.395 e. The van der Waals surface area contributed by atoms with Crippen molar-refractivity contribution in [3.05, 3.63) is 35.9 Å². The third kappa shape index (κ3) is 7.00. The molecule has 1 atom stereocenters. The third-order valence-electron chi connectivity index (χ3n) is 4.91. The number of aliphatic hydroxyl groups is 1. The lowest BCUT2D eigenvalue weighted by atomic mass is 10.1. The molecule has 3 amide bonds. The number of amides is 3. The van der Waals surface area contributed by atoms with Gasteiger partial charge in [0.2, 0.25) is 5.91 Å². The van der Waals surface area contributed by atoms with Crippen LogP contribution < -0.4 is 5.32 Å². The van der Waals surface area contributed by atoms with Crippen LogP contribution in [0.1, 0.15) is 5.56 Å². The van der Waals surface area contributed by atoms with Gasteiger partial charge in [0.05, 0.1) is 6.61 Å². The first kappa shape index (κ1) is 22.5. The van der Waals surface area contributed by atoms with Crippen LogP contribution in [0, 0.1) is 0 Å². The molecule has 0 saturated carbocycles. The molecule has 2 rings (SSSR count). The van der Waals surface area contributed by atoms with E-state index in [2.05, 4.69) is 10.2 Å². The Morgan fingerprint density at radius 3 is 2.46 bits per heavy atom. The van der Waals surface area contributed by atoms with Gasteiger partial charge in [0, 0.05) is 45.0 Å². The van der Waals surface area contributed by atoms with Crippen LogP contribution in [0.5, 0.6) is 0 Å². The van der Waals surface area contributed by atoms with Gasteiger partial charge >= 0.3 is 6.03 Å². The molecule has 0 aromatic heterocycles. The van der Waals surface area contributed by atoms with Gasteiger partial charge in [-0.3, -0.25) is 4.79 Å². The summed E-state index contributed by atoms with van der Waals surface area (Å²) in [5.74, 6) is 0.505. The molecule has 0 bridgehead atoms. The van der Waals surface area contributed by atoms with Crippen LogP contribution in [0.25, 0.3) is 0 Å². The van der Waals surface area contributed by atoms with Gasteiger partial charge in [0.15, 0.2) is 0 Å². The SMILES string of the molecule is CSCC(NC(=O)N(CCO)CCc1ccccc1)C(=O)N1CCN(C)CC1. The van der Waals surface area contributed by atoms with Crippen molar-refractivity contribution in [1.82, 2.24) is 20.0 Å². The zero-order valence-electron chi connectivity index (χ0n) is 16.8. The minimum atomic E-state index is -0.552. The molecule has 0 aliphatic carbocycles. The van der Waals surface area contributed by atoms with Gasteiger partial charge in [-0.25, -0.2) is 4.79 Å². The summed E-state index contributed by atoms with van der Waals surface area (Å²) in [7, 11) is 2.04. The van der Waals surface area contributed by atoms with E-state index in [0.717, 1.165) is 18.7 Å². The Morgan fingerprint density at radius 1 is 1.18 bits per heavy atom. The normalized spacial score (nSPS) is 15.9. The molecule has 1 saturated heterocycles. The van der Waals surface area contributed by atoms with E-state index in [1.807, 2.05) is 48.5 Å². The maximum Gasteiger partial charge on any atom is 0.318 e. The number of carbonyl (C=O) groups excluding carboxylic acids is 2. The summed E-state index contributed by atoms with van der Waals surface area (Å²) in [6, 6.07) is 9.07. The van der Waals surface area contributed by atoms with Crippen molar-refractivity contribution in [3.8, 4) is 0 Å². The number of nitrogens with one attached hydrogen (secondary N) is 1. The van der Waals surface area contributed by atoms with Crippen LogP contribution in [-0.4, -0.2) is 103 Å². The second-order valence-electron chi connectivity index (χ2n) is 7.03. The molecule has 1 unspecified atom stereocenters. The fourth-order valence-electron chi connectivity index (χ4n) is 3.17. The van der Waals surface area contributed by atoms with E-state index in [0.29, 0.717) is 31.8 Å². The zero-order valence-corrected chi connectivity index (χ0v) is 17.7. The summed E-state index contributed by atoms with van der Waals surface area (Å²) < 4.78 is 0. The van der Waals surface area contributed by atoms with Gasteiger partial charge in [0.1, 0.15) is 6.04 Å². The molecule has 28 heavy (non-hydrogen) atoms. The number of nitrogens with zero attached hydrogens (tertiary/aromatic N) is 3. The van der Waals surface area contributed by atoms with Crippen LogP contribution in [0.4, 0.5) is 4.79 Å². The highest BCUT2D eigenvalue weighted by Gasteiger charge is 2.28. The number of carbonyl (C=O) groups is 2. The first-order valence-electron chi connectivity index (χ1n) is 9.71. The highest BCUT2D eigenvalue weighted by molar-refractivity contribution is 7.98. The Hall–Kier alpha value is -1.77. The van der Waals surface area contributed by atoms with Crippen LogP contribution >= 0.6 is 11.8 Å². The number of piperazine rings is 1. The fraction of sp³-hybridized carbons (Fsp3) is 0.600. The number of benzene rings is 1. The Kier molecular flexibility index (Phi) is 9.60. The Morgan fingerprint density at radius 2 is 1.86 bits per heavy atom. The molecular formula is C20H32N4O3S. The predicted octanol–water partition coefficient (Wildman–Crippen LogP) is 0.739. The van der Waals surface area contributed by atoms with Crippen molar-refractivity contribution in [1.29, 1.82) is 0 Å². The first-order valence-corrected chi connectivity index (χ1v) is 11.1. The smallest absolute Gasteiger partial charge is 0.318 e. The number of hydrogen-bond donors (Lipinski definition) is 2. The molecule has 7 nitrogen and oxygen atoms in total. The van der Waals surface area contributed by atoms with Gasteiger partial charge in [-0.05, 0) is 25.3 Å². The third-order valence-corrected chi connectivity index (χ3v) is 5.58. The molecule has 0 radical (unpaired) electrons. The van der Waals surface area contributed by atoms with Crippen molar-refractivity contribution >= 4 is 23.7 Å². The second-order valence-corrected chi connectivity index (χ2v) is 7.94. The van der Waals surface area contributed by atoms with Gasteiger partial charge in [-0.15, -0.1) is 0 Å².